The Morgan fingerprint density at radius 3 is 2.79 bits per heavy atom. The Morgan fingerprint density at radius 1 is 1.21 bits per heavy atom. The van der Waals surface area contributed by atoms with Crippen LogP contribution in [0.1, 0.15) is 26.5 Å². The smallest absolute Gasteiger partial charge is 0.350 e. The van der Waals surface area contributed by atoms with E-state index in [1.54, 1.807) is 19.1 Å². The Kier molecular flexibility index (Phi) is 5.06. The molecule has 0 saturated heterocycles. The number of aryl methyl sites for hydroxylation is 1. The molecular weight excluding hydrogens is 388 g/mol. The van der Waals surface area contributed by atoms with Gasteiger partial charge in [-0.25, -0.2) is 18.6 Å². The lowest BCUT2D eigenvalue weighted by Crippen LogP contribution is -2.14. The van der Waals surface area contributed by atoms with E-state index in [-0.39, 0.29) is 25.8 Å². The molecule has 1 aliphatic heterocycles. The summed E-state index contributed by atoms with van der Waals surface area (Å²) in [6.07, 6.45) is 0. The monoisotopic (exact) mass is 403 g/mol. The van der Waals surface area contributed by atoms with Crippen molar-refractivity contribution in [1.29, 1.82) is 0 Å². The molecule has 0 radical (unpaired) electrons. The van der Waals surface area contributed by atoms with Crippen molar-refractivity contribution in [2.24, 2.45) is 0 Å². The molecule has 0 amide bonds. The number of halogens is 2. The third-order valence-electron chi connectivity index (χ3n) is 4.18. The highest BCUT2D eigenvalue weighted by Crippen LogP contribution is 2.31. The molecule has 0 N–H and O–H groups in total. The fourth-order valence-corrected chi connectivity index (χ4v) is 3.84. The third kappa shape index (κ3) is 3.74. The third-order valence-corrected chi connectivity index (χ3v) is 5.37. The first-order valence-electron chi connectivity index (χ1n) is 8.43. The number of nitrogens with zero attached hydrogens (tertiary/aromatic N) is 1. The number of fused-ring (bicyclic) bond motifs is 1. The second kappa shape index (κ2) is 7.65. The average Bonchev–Trinajstić information content (AvgIpc) is 3.08. The quantitative estimate of drug-likeness (QED) is 0.595. The molecule has 0 bridgehead atoms. The number of carbonyl (C=O) groups excluding carboxylic acids is 1. The van der Waals surface area contributed by atoms with Crippen LogP contribution in [0.15, 0.2) is 36.4 Å². The molecule has 0 spiro atoms. The number of hydrogen-bond acceptors (Lipinski definition) is 6. The van der Waals surface area contributed by atoms with Gasteiger partial charge >= 0.3 is 5.97 Å². The van der Waals surface area contributed by atoms with Gasteiger partial charge in [0.15, 0.2) is 6.79 Å². The topological polar surface area (TPSA) is 57.7 Å². The minimum Gasteiger partial charge on any atom is -0.467 e. The van der Waals surface area contributed by atoms with Crippen molar-refractivity contribution in [2.45, 2.75) is 20.1 Å². The van der Waals surface area contributed by atoms with Crippen LogP contribution >= 0.6 is 11.3 Å². The molecule has 1 aromatic heterocycles. The molecule has 8 heteroatoms. The summed E-state index contributed by atoms with van der Waals surface area (Å²) in [6.45, 7) is 1.87. The SMILES string of the molecule is Cc1nc(-c2ccc(F)cc2)sc1C(=O)OCc1cc(F)cc2c1OCOC2. The highest BCUT2D eigenvalue weighted by molar-refractivity contribution is 7.17. The maximum absolute atomic E-state index is 13.8. The second-order valence-corrected chi connectivity index (χ2v) is 7.18. The van der Waals surface area contributed by atoms with E-state index in [9.17, 15) is 13.6 Å². The van der Waals surface area contributed by atoms with E-state index in [1.807, 2.05) is 0 Å². The van der Waals surface area contributed by atoms with Crippen LogP contribution in [0.2, 0.25) is 0 Å². The van der Waals surface area contributed by atoms with E-state index < -0.39 is 11.8 Å². The van der Waals surface area contributed by atoms with Gasteiger partial charge in [-0.15, -0.1) is 11.3 Å². The zero-order valence-electron chi connectivity index (χ0n) is 14.8. The second-order valence-electron chi connectivity index (χ2n) is 6.18. The summed E-state index contributed by atoms with van der Waals surface area (Å²) in [5.74, 6) is -0.879. The van der Waals surface area contributed by atoms with Crippen molar-refractivity contribution in [3.63, 3.8) is 0 Å². The van der Waals surface area contributed by atoms with Crippen LogP contribution in [0.25, 0.3) is 10.6 Å². The molecule has 3 aromatic rings. The van der Waals surface area contributed by atoms with Gasteiger partial charge in [0.2, 0.25) is 0 Å². The molecule has 0 atom stereocenters. The molecule has 0 aliphatic carbocycles. The van der Waals surface area contributed by atoms with Crippen molar-refractivity contribution < 1.29 is 27.8 Å². The molecule has 144 valence electrons. The van der Waals surface area contributed by atoms with Gasteiger partial charge < -0.3 is 14.2 Å². The summed E-state index contributed by atoms with van der Waals surface area (Å²) in [5.41, 5.74) is 2.24. The molecular formula is C20H15F2NO4S. The van der Waals surface area contributed by atoms with Crippen LogP contribution in [0.4, 0.5) is 8.78 Å². The number of thiazole rings is 1. The molecule has 0 unspecified atom stereocenters. The maximum atomic E-state index is 13.8. The van der Waals surface area contributed by atoms with Crippen molar-refractivity contribution >= 4 is 17.3 Å². The number of ether oxygens (including phenoxy) is 3. The first-order valence-corrected chi connectivity index (χ1v) is 9.25. The first kappa shape index (κ1) is 18.5. The number of benzene rings is 2. The van der Waals surface area contributed by atoms with E-state index in [4.69, 9.17) is 14.2 Å². The number of carbonyl (C=O) groups is 1. The average molecular weight is 403 g/mol. The first-order chi connectivity index (χ1) is 13.5. The summed E-state index contributed by atoms with van der Waals surface area (Å²) >= 11 is 1.16. The van der Waals surface area contributed by atoms with Gasteiger partial charge in [0.05, 0.1) is 12.3 Å². The van der Waals surface area contributed by atoms with Gasteiger partial charge in [-0.1, -0.05) is 0 Å². The van der Waals surface area contributed by atoms with E-state index in [2.05, 4.69) is 4.98 Å². The van der Waals surface area contributed by atoms with Crippen molar-refractivity contribution in [1.82, 2.24) is 4.98 Å². The minimum atomic E-state index is -0.562. The fourth-order valence-electron chi connectivity index (χ4n) is 2.87. The van der Waals surface area contributed by atoms with Gasteiger partial charge in [-0.3, -0.25) is 0 Å². The van der Waals surface area contributed by atoms with Crippen molar-refractivity contribution in [3.8, 4) is 16.3 Å². The standard InChI is InChI=1S/C20H15F2NO4S/c1-11-18(28-19(23-11)12-2-4-15(21)5-3-12)20(24)26-9-14-7-16(22)6-13-8-25-10-27-17(13)14/h2-7H,8-10H2,1H3. The Balaban J connectivity index is 1.52. The lowest BCUT2D eigenvalue weighted by Gasteiger charge is -2.20. The molecule has 2 heterocycles. The Hall–Kier alpha value is -2.84. The number of esters is 1. The zero-order chi connectivity index (χ0) is 19.7. The summed E-state index contributed by atoms with van der Waals surface area (Å²) in [6, 6.07) is 8.48. The highest BCUT2D eigenvalue weighted by Gasteiger charge is 2.21. The largest absolute Gasteiger partial charge is 0.467 e. The van der Waals surface area contributed by atoms with E-state index in [0.29, 0.717) is 38.0 Å². The number of rotatable bonds is 4. The van der Waals surface area contributed by atoms with Crippen LogP contribution < -0.4 is 4.74 Å². The van der Waals surface area contributed by atoms with Gasteiger partial charge in [-0.05, 0) is 43.3 Å². The predicted octanol–water partition coefficient (Wildman–Crippen LogP) is 4.62. The number of hydrogen-bond donors (Lipinski definition) is 0. The number of aromatic nitrogens is 1. The van der Waals surface area contributed by atoms with Crippen LogP contribution in [0.5, 0.6) is 5.75 Å². The predicted molar refractivity (Wildman–Crippen MR) is 98.0 cm³/mol. The molecule has 5 nitrogen and oxygen atoms in total. The van der Waals surface area contributed by atoms with E-state index in [0.717, 1.165) is 11.3 Å². The molecule has 4 rings (SSSR count). The van der Waals surface area contributed by atoms with Gasteiger partial charge in [-0.2, -0.15) is 0 Å². The maximum Gasteiger partial charge on any atom is 0.350 e. The zero-order valence-corrected chi connectivity index (χ0v) is 15.6. The lowest BCUT2D eigenvalue weighted by atomic mass is 10.1. The summed E-state index contributed by atoms with van der Waals surface area (Å²) in [5, 5.41) is 0.591. The van der Waals surface area contributed by atoms with Crippen LogP contribution in [-0.4, -0.2) is 17.7 Å². The van der Waals surface area contributed by atoms with Gasteiger partial charge in [0, 0.05) is 16.7 Å². The van der Waals surface area contributed by atoms with Gasteiger partial charge in [0.1, 0.15) is 33.9 Å². The van der Waals surface area contributed by atoms with E-state index in [1.165, 1.54) is 24.3 Å². The van der Waals surface area contributed by atoms with Crippen LogP contribution in [0.3, 0.4) is 0 Å². The highest BCUT2D eigenvalue weighted by atomic mass is 32.1. The summed E-state index contributed by atoms with van der Waals surface area (Å²) in [4.78, 5) is 17.2. The van der Waals surface area contributed by atoms with Crippen molar-refractivity contribution in [3.05, 3.63) is 69.7 Å². The van der Waals surface area contributed by atoms with E-state index >= 15 is 0 Å². The fraction of sp³-hybridized carbons (Fsp3) is 0.200. The lowest BCUT2D eigenvalue weighted by molar-refractivity contribution is -0.0182. The minimum absolute atomic E-state index is 0.0640. The molecule has 1 aliphatic rings. The van der Waals surface area contributed by atoms with Crippen molar-refractivity contribution in [2.75, 3.05) is 6.79 Å². The Labute approximate surface area is 163 Å². The molecule has 0 fully saturated rings. The molecule has 0 saturated carbocycles. The molecule has 28 heavy (non-hydrogen) atoms. The Morgan fingerprint density at radius 2 is 2.00 bits per heavy atom. The van der Waals surface area contributed by atoms with Crippen LogP contribution in [-0.2, 0) is 22.7 Å². The molecule has 2 aromatic carbocycles. The van der Waals surface area contributed by atoms with Crippen LogP contribution in [0, 0.1) is 18.6 Å². The summed E-state index contributed by atoms with van der Waals surface area (Å²) in [7, 11) is 0. The summed E-state index contributed by atoms with van der Waals surface area (Å²) < 4.78 is 42.8. The van der Waals surface area contributed by atoms with Gasteiger partial charge in [0.25, 0.3) is 0 Å². The Bertz CT molecular complexity index is 1030. The normalized spacial score (nSPS) is 13.0.